The largest absolute Gasteiger partial charge is 0.493 e. The zero-order valence-corrected chi connectivity index (χ0v) is 16.1. The molecule has 1 aromatic carbocycles. The SMILES string of the molecule is CCOc1cc([C@@H]2[C@@H](c3ccccn3)N=C3S[C@H](C)CN32)ccc1OC. The fourth-order valence-electron chi connectivity index (χ4n) is 3.62. The molecule has 136 valence electrons. The van der Waals surface area contributed by atoms with Gasteiger partial charge in [-0.05, 0) is 36.8 Å². The third-order valence-corrected chi connectivity index (χ3v) is 5.81. The molecule has 0 spiro atoms. The normalized spacial score (nSPS) is 24.3. The van der Waals surface area contributed by atoms with Crippen molar-refractivity contribution in [1.82, 2.24) is 9.88 Å². The molecular formula is C20H23N3O2S. The second-order valence-corrected chi connectivity index (χ2v) is 7.89. The Labute approximate surface area is 158 Å². The molecule has 4 rings (SSSR count). The van der Waals surface area contributed by atoms with Gasteiger partial charge in [-0.1, -0.05) is 30.8 Å². The maximum Gasteiger partial charge on any atom is 0.161 e. The summed E-state index contributed by atoms with van der Waals surface area (Å²) >= 11 is 1.85. The molecule has 0 radical (unpaired) electrons. The van der Waals surface area contributed by atoms with Crippen molar-refractivity contribution < 1.29 is 9.47 Å². The van der Waals surface area contributed by atoms with E-state index in [1.54, 1.807) is 7.11 Å². The van der Waals surface area contributed by atoms with E-state index in [-0.39, 0.29) is 12.1 Å². The van der Waals surface area contributed by atoms with Crippen LogP contribution in [0.25, 0.3) is 0 Å². The average Bonchev–Trinajstić information content (AvgIpc) is 3.18. The van der Waals surface area contributed by atoms with Gasteiger partial charge < -0.3 is 14.4 Å². The fourth-order valence-corrected chi connectivity index (χ4v) is 4.72. The van der Waals surface area contributed by atoms with E-state index in [0.717, 1.165) is 28.9 Å². The minimum atomic E-state index is -0.00549. The van der Waals surface area contributed by atoms with Crippen molar-refractivity contribution in [2.24, 2.45) is 4.99 Å². The summed E-state index contributed by atoms with van der Waals surface area (Å²) in [5.41, 5.74) is 2.18. The van der Waals surface area contributed by atoms with Gasteiger partial charge in [-0.2, -0.15) is 0 Å². The van der Waals surface area contributed by atoms with E-state index in [1.165, 1.54) is 5.56 Å². The predicted molar refractivity (Wildman–Crippen MR) is 105 cm³/mol. The Kier molecular flexibility index (Phi) is 4.76. The van der Waals surface area contributed by atoms with E-state index >= 15 is 0 Å². The Bertz CT molecular complexity index is 812. The number of hydrogen-bond donors (Lipinski definition) is 0. The first-order chi connectivity index (χ1) is 12.7. The smallest absolute Gasteiger partial charge is 0.161 e. The molecule has 2 aliphatic heterocycles. The van der Waals surface area contributed by atoms with Gasteiger partial charge in [0.05, 0.1) is 25.5 Å². The van der Waals surface area contributed by atoms with Crippen molar-refractivity contribution >= 4 is 16.9 Å². The number of hydrogen-bond acceptors (Lipinski definition) is 6. The molecule has 26 heavy (non-hydrogen) atoms. The summed E-state index contributed by atoms with van der Waals surface area (Å²) < 4.78 is 11.2. The number of amidine groups is 1. The Morgan fingerprint density at radius 1 is 1.23 bits per heavy atom. The van der Waals surface area contributed by atoms with Gasteiger partial charge in [0.25, 0.3) is 0 Å². The van der Waals surface area contributed by atoms with Gasteiger partial charge in [-0.3, -0.25) is 9.98 Å². The molecule has 1 saturated heterocycles. The summed E-state index contributed by atoms with van der Waals surface area (Å²) in [5, 5.41) is 1.66. The molecule has 3 heterocycles. The first-order valence-corrected chi connectivity index (χ1v) is 9.82. The van der Waals surface area contributed by atoms with Crippen molar-refractivity contribution in [2.45, 2.75) is 31.2 Å². The number of aromatic nitrogens is 1. The molecule has 0 amide bonds. The second kappa shape index (κ2) is 7.19. The summed E-state index contributed by atoms with van der Waals surface area (Å²) in [6.45, 7) is 5.83. The van der Waals surface area contributed by atoms with E-state index in [1.807, 2.05) is 43.1 Å². The van der Waals surface area contributed by atoms with Crippen LogP contribution in [0.5, 0.6) is 11.5 Å². The van der Waals surface area contributed by atoms with Gasteiger partial charge in [0.2, 0.25) is 0 Å². The van der Waals surface area contributed by atoms with Gasteiger partial charge >= 0.3 is 0 Å². The van der Waals surface area contributed by atoms with Gasteiger partial charge in [0.15, 0.2) is 16.7 Å². The molecule has 0 N–H and O–H groups in total. The molecule has 1 aromatic heterocycles. The molecule has 2 aliphatic rings. The summed E-state index contributed by atoms with van der Waals surface area (Å²) in [5.74, 6) is 1.54. The van der Waals surface area contributed by atoms with Crippen LogP contribution >= 0.6 is 11.8 Å². The van der Waals surface area contributed by atoms with Crippen LogP contribution in [0.4, 0.5) is 0 Å². The van der Waals surface area contributed by atoms with E-state index in [4.69, 9.17) is 14.5 Å². The zero-order chi connectivity index (χ0) is 18.1. The van der Waals surface area contributed by atoms with Crippen molar-refractivity contribution in [1.29, 1.82) is 0 Å². The summed E-state index contributed by atoms with van der Waals surface area (Å²) in [6, 6.07) is 12.4. The maximum absolute atomic E-state index is 5.80. The van der Waals surface area contributed by atoms with Crippen molar-refractivity contribution in [3.63, 3.8) is 0 Å². The number of benzene rings is 1. The van der Waals surface area contributed by atoms with E-state index in [0.29, 0.717) is 11.9 Å². The molecule has 6 heteroatoms. The van der Waals surface area contributed by atoms with Crippen LogP contribution in [-0.2, 0) is 0 Å². The molecule has 0 unspecified atom stereocenters. The van der Waals surface area contributed by atoms with E-state index in [9.17, 15) is 0 Å². The van der Waals surface area contributed by atoms with Gasteiger partial charge in [-0.25, -0.2) is 0 Å². The lowest BCUT2D eigenvalue weighted by Crippen LogP contribution is -2.28. The van der Waals surface area contributed by atoms with Crippen LogP contribution in [0.3, 0.4) is 0 Å². The minimum absolute atomic E-state index is 0.00549. The first-order valence-electron chi connectivity index (χ1n) is 8.94. The highest BCUT2D eigenvalue weighted by Crippen LogP contribution is 2.48. The maximum atomic E-state index is 5.80. The summed E-state index contributed by atoms with van der Waals surface area (Å²) in [7, 11) is 1.67. The molecule has 2 aromatic rings. The highest BCUT2D eigenvalue weighted by molar-refractivity contribution is 8.14. The molecule has 0 saturated carbocycles. The standard InChI is InChI=1S/C20H23N3O2S/c1-4-25-17-11-14(8-9-16(17)24-3)19-18(15-7-5-6-10-21-15)22-20-23(19)12-13(2)26-20/h5-11,13,18-19H,4,12H2,1-3H3/t13-,18-,19-/m1/s1. The number of ether oxygens (including phenoxy) is 2. The van der Waals surface area contributed by atoms with Crippen molar-refractivity contribution in [3.8, 4) is 11.5 Å². The van der Waals surface area contributed by atoms with Crippen LogP contribution in [0.15, 0.2) is 47.6 Å². The van der Waals surface area contributed by atoms with Gasteiger partial charge in [-0.15, -0.1) is 0 Å². The Balaban J connectivity index is 1.76. The quantitative estimate of drug-likeness (QED) is 0.795. The topological polar surface area (TPSA) is 47.0 Å². The third kappa shape index (κ3) is 3.03. The van der Waals surface area contributed by atoms with Crippen LogP contribution in [0.1, 0.15) is 37.2 Å². The van der Waals surface area contributed by atoms with E-state index in [2.05, 4.69) is 35.0 Å². The number of nitrogens with zero attached hydrogens (tertiary/aromatic N) is 3. The third-order valence-electron chi connectivity index (χ3n) is 4.71. The lowest BCUT2D eigenvalue weighted by atomic mass is 9.96. The van der Waals surface area contributed by atoms with Gasteiger partial charge in [0.1, 0.15) is 6.04 Å². The number of methoxy groups -OCH3 is 1. The lowest BCUT2D eigenvalue weighted by Gasteiger charge is -2.28. The van der Waals surface area contributed by atoms with Crippen LogP contribution in [0.2, 0.25) is 0 Å². The monoisotopic (exact) mass is 369 g/mol. The van der Waals surface area contributed by atoms with E-state index < -0.39 is 0 Å². The molecule has 1 fully saturated rings. The molecule has 3 atom stereocenters. The number of thioether (sulfide) groups is 1. The number of aliphatic imine (C=N–C) groups is 1. The number of pyridine rings is 1. The van der Waals surface area contributed by atoms with Crippen molar-refractivity contribution in [3.05, 3.63) is 53.9 Å². The predicted octanol–water partition coefficient (Wildman–Crippen LogP) is 4.08. The number of rotatable bonds is 5. The summed E-state index contributed by atoms with van der Waals surface area (Å²) in [6.07, 6.45) is 1.84. The molecule has 0 bridgehead atoms. The highest BCUT2D eigenvalue weighted by atomic mass is 32.2. The lowest BCUT2D eigenvalue weighted by molar-refractivity contribution is 0.302. The number of fused-ring (bicyclic) bond motifs is 1. The van der Waals surface area contributed by atoms with Crippen LogP contribution in [-0.4, -0.2) is 40.6 Å². The van der Waals surface area contributed by atoms with Crippen LogP contribution in [0, 0.1) is 0 Å². The van der Waals surface area contributed by atoms with Crippen molar-refractivity contribution in [2.75, 3.05) is 20.3 Å². The average molecular weight is 369 g/mol. The summed E-state index contributed by atoms with van der Waals surface area (Å²) in [4.78, 5) is 12.0. The molecular weight excluding hydrogens is 346 g/mol. The van der Waals surface area contributed by atoms with Gasteiger partial charge in [0, 0.05) is 18.0 Å². The Morgan fingerprint density at radius 3 is 2.85 bits per heavy atom. The highest BCUT2D eigenvalue weighted by Gasteiger charge is 2.43. The Morgan fingerprint density at radius 2 is 2.12 bits per heavy atom. The second-order valence-electron chi connectivity index (χ2n) is 6.48. The van der Waals surface area contributed by atoms with Crippen LogP contribution < -0.4 is 9.47 Å². The fraction of sp³-hybridized carbons (Fsp3) is 0.400. The molecule has 5 nitrogen and oxygen atoms in total. The Hall–Kier alpha value is -2.21. The minimum Gasteiger partial charge on any atom is -0.493 e. The molecule has 0 aliphatic carbocycles. The zero-order valence-electron chi connectivity index (χ0n) is 15.3. The first kappa shape index (κ1) is 17.2.